The van der Waals surface area contributed by atoms with E-state index in [9.17, 15) is 9.59 Å². The van der Waals surface area contributed by atoms with Gasteiger partial charge in [0.05, 0.1) is 19.3 Å². The summed E-state index contributed by atoms with van der Waals surface area (Å²) in [5.41, 5.74) is 0. The van der Waals surface area contributed by atoms with Crippen molar-refractivity contribution in [1.82, 2.24) is 10.6 Å². The van der Waals surface area contributed by atoms with Crippen molar-refractivity contribution in [3.63, 3.8) is 0 Å². The maximum Gasteiger partial charge on any atom is 0.315 e. The third-order valence-electron chi connectivity index (χ3n) is 2.53. The predicted octanol–water partition coefficient (Wildman–Crippen LogP) is -0.578. The molecule has 0 bridgehead atoms. The van der Waals surface area contributed by atoms with Gasteiger partial charge < -0.3 is 25.2 Å². The lowest BCUT2D eigenvalue weighted by Gasteiger charge is -2.16. The van der Waals surface area contributed by atoms with Crippen molar-refractivity contribution >= 4 is 12.0 Å². The summed E-state index contributed by atoms with van der Waals surface area (Å²) in [5, 5.41) is 14.1. The topological polar surface area (TPSA) is 96.9 Å². The molecule has 0 saturated carbocycles. The summed E-state index contributed by atoms with van der Waals surface area (Å²) in [6, 6.07) is -0.835. The van der Waals surface area contributed by atoms with Gasteiger partial charge in [-0.25, -0.2) is 4.79 Å². The number of rotatable bonds is 6. The summed E-state index contributed by atoms with van der Waals surface area (Å²) >= 11 is 0. The van der Waals surface area contributed by atoms with Crippen molar-refractivity contribution in [2.75, 3.05) is 33.5 Å². The average molecular weight is 246 g/mol. The first-order valence-corrected chi connectivity index (χ1v) is 5.49. The second kappa shape index (κ2) is 7.08. The number of carbonyl (C=O) groups excluding carboxylic acids is 1. The first-order valence-electron chi connectivity index (χ1n) is 5.49. The molecule has 7 heteroatoms. The van der Waals surface area contributed by atoms with Crippen molar-refractivity contribution in [1.29, 1.82) is 0 Å². The SMILES string of the molecule is COCCCNC(=O)NC1COCC1C(=O)O. The monoisotopic (exact) mass is 246 g/mol. The second-order valence-corrected chi connectivity index (χ2v) is 3.84. The molecular weight excluding hydrogens is 228 g/mol. The molecule has 1 saturated heterocycles. The summed E-state index contributed by atoms with van der Waals surface area (Å²) in [6.07, 6.45) is 0.716. The summed E-state index contributed by atoms with van der Waals surface area (Å²) in [4.78, 5) is 22.2. The number of ether oxygens (including phenoxy) is 2. The van der Waals surface area contributed by atoms with Gasteiger partial charge in [0.1, 0.15) is 5.92 Å². The number of nitrogens with one attached hydrogen (secondary N) is 2. The number of methoxy groups -OCH3 is 1. The smallest absolute Gasteiger partial charge is 0.315 e. The third kappa shape index (κ3) is 4.58. The minimum absolute atomic E-state index is 0.143. The van der Waals surface area contributed by atoms with E-state index in [-0.39, 0.29) is 19.2 Å². The summed E-state index contributed by atoms with van der Waals surface area (Å²) in [6.45, 7) is 1.45. The molecule has 0 radical (unpaired) electrons. The van der Waals surface area contributed by atoms with E-state index in [4.69, 9.17) is 14.6 Å². The Kier molecular flexibility index (Phi) is 5.71. The van der Waals surface area contributed by atoms with Gasteiger partial charge >= 0.3 is 12.0 Å². The van der Waals surface area contributed by atoms with Crippen molar-refractivity contribution in [3.05, 3.63) is 0 Å². The first-order chi connectivity index (χ1) is 8.15. The molecule has 0 aromatic heterocycles. The molecule has 1 aliphatic rings. The van der Waals surface area contributed by atoms with E-state index in [1.165, 1.54) is 0 Å². The lowest BCUT2D eigenvalue weighted by Crippen LogP contribution is -2.47. The Morgan fingerprint density at radius 1 is 1.47 bits per heavy atom. The number of amides is 2. The van der Waals surface area contributed by atoms with Crippen molar-refractivity contribution in [2.45, 2.75) is 12.5 Å². The summed E-state index contributed by atoms with van der Waals surface area (Å²) in [7, 11) is 1.59. The highest BCUT2D eigenvalue weighted by Gasteiger charge is 2.34. The van der Waals surface area contributed by atoms with Gasteiger partial charge in [-0.15, -0.1) is 0 Å². The molecule has 17 heavy (non-hydrogen) atoms. The van der Waals surface area contributed by atoms with Crippen LogP contribution >= 0.6 is 0 Å². The van der Waals surface area contributed by atoms with Gasteiger partial charge in [-0.3, -0.25) is 4.79 Å². The molecule has 1 aliphatic heterocycles. The van der Waals surface area contributed by atoms with Crippen molar-refractivity contribution in [2.24, 2.45) is 5.92 Å². The molecule has 2 atom stereocenters. The predicted molar refractivity (Wildman–Crippen MR) is 58.8 cm³/mol. The van der Waals surface area contributed by atoms with Gasteiger partial charge in [0.2, 0.25) is 0 Å². The summed E-state index contributed by atoms with van der Waals surface area (Å²) < 4.78 is 9.87. The van der Waals surface area contributed by atoms with Crippen molar-refractivity contribution < 1.29 is 24.2 Å². The molecule has 3 N–H and O–H groups in total. The zero-order valence-electron chi connectivity index (χ0n) is 9.77. The van der Waals surface area contributed by atoms with Crippen LogP contribution in [0.4, 0.5) is 4.79 Å². The second-order valence-electron chi connectivity index (χ2n) is 3.84. The molecule has 0 aromatic carbocycles. The molecular formula is C10H18N2O5. The Labute approximate surface area is 99.5 Å². The molecule has 0 spiro atoms. The van der Waals surface area contributed by atoms with E-state index in [1.807, 2.05) is 0 Å². The van der Waals surface area contributed by atoms with Gasteiger partial charge in [0, 0.05) is 20.3 Å². The van der Waals surface area contributed by atoms with Crippen LogP contribution in [0.25, 0.3) is 0 Å². The molecule has 2 unspecified atom stereocenters. The molecule has 1 heterocycles. The van der Waals surface area contributed by atoms with Crippen LogP contribution in [0.2, 0.25) is 0 Å². The van der Waals surface area contributed by atoms with Gasteiger partial charge in [-0.2, -0.15) is 0 Å². The number of carboxylic acid groups (broad SMARTS) is 1. The number of aliphatic carboxylic acids is 1. The normalized spacial score (nSPS) is 23.4. The van der Waals surface area contributed by atoms with E-state index in [2.05, 4.69) is 10.6 Å². The molecule has 0 aliphatic carbocycles. The summed E-state index contributed by atoms with van der Waals surface area (Å²) in [5.74, 6) is -1.62. The average Bonchev–Trinajstić information content (AvgIpc) is 2.72. The van der Waals surface area contributed by atoms with E-state index < -0.39 is 17.9 Å². The Hall–Kier alpha value is -1.34. The first kappa shape index (κ1) is 13.7. The van der Waals surface area contributed by atoms with E-state index in [1.54, 1.807) is 7.11 Å². The molecule has 98 valence electrons. The maximum absolute atomic E-state index is 11.4. The van der Waals surface area contributed by atoms with Crippen LogP contribution in [0, 0.1) is 5.92 Å². The highest BCUT2D eigenvalue weighted by atomic mass is 16.5. The standard InChI is InChI=1S/C10H18N2O5/c1-16-4-2-3-11-10(15)12-8-6-17-5-7(8)9(13)14/h7-8H,2-6H2,1H3,(H,13,14)(H2,11,12,15). The number of hydrogen-bond donors (Lipinski definition) is 3. The Balaban J connectivity index is 2.23. The fourth-order valence-corrected chi connectivity index (χ4v) is 1.58. The Bertz CT molecular complexity index is 271. The fraction of sp³-hybridized carbons (Fsp3) is 0.800. The highest BCUT2D eigenvalue weighted by molar-refractivity contribution is 5.77. The van der Waals surface area contributed by atoms with Crippen LogP contribution < -0.4 is 10.6 Å². The van der Waals surface area contributed by atoms with Crippen molar-refractivity contribution in [3.8, 4) is 0 Å². The van der Waals surface area contributed by atoms with Gasteiger partial charge in [-0.05, 0) is 6.42 Å². The van der Waals surface area contributed by atoms with E-state index in [0.717, 1.165) is 0 Å². The molecule has 0 aromatic rings. The number of carbonyl (C=O) groups is 2. The zero-order valence-corrected chi connectivity index (χ0v) is 9.77. The minimum Gasteiger partial charge on any atom is -0.481 e. The Morgan fingerprint density at radius 3 is 2.88 bits per heavy atom. The number of urea groups is 1. The van der Waals surface area contributed by atoms with E-state index in [0.29, 0.717) is 19.6 Å². The zero-order chi connectivity index (χ0) is 12.7. The van der Waals surface area contributed by atoms with Crippen LogP contribution in [0.3, 0.4) is 0 Å². The minimum atomic E-state index is -0.952. The largest absolute Gasteiger partial charge is 0.481 e. The van der Waals surface area contributed by atoms with Gasteiger partial charge in [0.25, 0.3) is 0 Å². The lowest BCUT2D eigenvalue weighted by atomic mass is 10.0. The van der Waals surface area contributed by atoms with Gasteiger partial charge in [0.15, 0.2) is 0 Å². The van der Waals surface area contributed by atoms with Crippen LogP contribution in [-0.4, -0.2) is 56.6 Å². The number of carboxylic acids is 1. The lowest BCUT2D eigenvalue weighted by molar-refractivity contribution is -0.142. The van der Waals surface area contributed by atoms with E-state index >= 15 is 0 Å². The molecule has 7 nitrogen and oxygen atoms in total. The maximum atomic E-state index is 11.4. The Morgan fingerprint density at radius 2 is 2.24 bits per heavy atom. The fourth-order valence-electron chi connectivity index (χ4n) is 1.58. The molecule has 1 rings (SSSR count). The molecule has 1 fully saturated rings. The van der Waals surface area contributed by atoms with Crippen LogP contribution in [0.15, 0.2) is 0 Å². The third-order valence-corrected chi connectivity index (χ3v) is 2.53. The highest BCUT2D eigenvalue weighted by Crippen LogP contribution is 2.13. The quantitative estimate of drug-likeness (QED) is 0.545. The molecule has 2 amide bonds. The van der Waals surface area contributed by atoms with Gasteiger partial charge in [-0.1, -0.05) is 0 Å². The van der Waals surface area contributed by atoms with Crippen LogP contribution in [-0.2, 0) is 14.3 Å². The van der Waals surface area contributed by atoms with Crippen LogP contribution in [0.1, 0.15) is 6.42 Å². The van der Waals surface area contributed by atoms with Crippen LogP contribution in [0.5, 0.6) is 0 Å². The number of hydrogen-bond acceptors (Lipinski definition) is 4.